The summed E-state index contributed by atoms with van der Waals surface area (Å²) in [4.78, 5) is 0. The van der Waals surface area contributed by atoms with Crippen molar-refractivity contribution < 1.29 is 37.8 Å². The van der Waals surface area contributed by atoms with E-state index in [1.54, 1.807) is 0 Å². The number of alkyl halides is 3. The number of hydrogen-bond donors (Lipinski definition) is 1. The van der Waals surface area contributed by atoms with Crippen molar-refractivity contribution in [3.05, 3.63) is 0 Å². The minimum atomic E-state index is -4.95. The van der Waals surface area contributed by atoms with Crippen molar-refractivity contribution in [3.8, 4) is 0 Å². The predicted octanol–water partition coefficient (Wildman–Crippen LogP) is 0.132. The molecule has 1 atom stereocenters. The monoisotopic (exact) mass is 272 g/mol. The molecule has 0 radical (unpaired) electrons. The van der Waals surface area contributed by atoms with E-state index in [0.29, 0.717) is 0 Å². The van der Waals surface area contributed by atoms with Gasteiger partial charge in [-0.3, -0.25) is 0 Å². The van der Waals surface area contributed by atoms with Gasteiger partial charge in [0.2, 0.25) is 0 Å². The van der Waals surface area contributed by atoms with Crippen molar-refractivity contribution >= 4 is 21.4 Å². The number of rotatable bonds is 5. The summed E-state index contributed by atoms with van der Waals surface area (Å²) in [5, 5.41) is 0. The van der Waals surface area contributed by atoms with Crippen LogP contribution in [0.25, 0.3) is 0 Å². The van der Waals surface area contributed by atoms with Crippen LogP contribution < -0.4 is 0 Å². The van der Waals surface area contributed by atoms with Gasteiger partial charge in [0, 0.05) is 0 Å². The van der Waals surface area contributed by atoms with Crippen LogP contribution in [0.2, 0.25) is 0 Å². The lowest BCUT2D eigenvalue weighted by atomic mass is 10.3. The fourth-order valence-corrected chi connectivity index (χ4v) is 1.86. The van der Waals surface area contributed by atoms with Crippen LogP contribution >= 0.6 is 0 Å². The maximum absolute atomic E-state index is 11.7. The highest BCUT2D eigenvalue weighted by Crippen LogP contribution is 2.23. The Bertz CT molecular complexity index is 360. The summed E-state index contributed by atoms with van der Waals surface area (Å²) < 4.78 is 82.9. The van der Waals surface area contributed by atoms with E-state index in [4.69, 9.17) is 0 Å². The van der Waals surface area contributed by atoms with Gasteiger partial charge in [-0.05, 0) is 6.92 Å². The van der Waals surface area contributed by atoms with E-state index < -0.39 is 40.1 Å². The maximum atomic E-state index is 11.7. The van der Waals surface area contributed by atoms with E-state index in [-0.39, 0.29) is 0 Å². The summed E-state index contributed by atoms with van der Waals surface area (Å²) in [6.45, 7) is 0.812. The fourth-order valence-electron chi connectivity index (χ4n) is 0.653. The zero-order valence-electron chi connectivity index (χ0n) is 7.22. The van der Waals surface area contributed by atoms with E-state index in [9.17, 15) is 30.0 Å². The van der Waals surface area contributed by atoms with E-state index in [2.05, 4.69) is 7.81 Å². The molecule has 6 nitrogen and oxygen atoms in total. The number of thiol groups is 1. The van der Waals surface area contributed by atoms with Gasteiger partial charge < -0.3 is 0 Å². The van der Waals surface area contributed by atoms with E-state index in [1.807, 2.05) is 0 Å². The molecule has 0 bridgehead atoms. The molecule has 0 heterocycles. The molecule has 0 saturated carbocycles. The van der Waals surface area contributed by atoms with Crippen molar-refractivity contribution in [3.63, 3.8) is 0 Å². The summed E-state index contributed by atoms with van der Waals surface area (Å²) >= 11 is 0. The molecule has 0 aromatic rings. The van der Waals surface area contributed by atoms with Gasteiger partial charge in [-0.2, -0.15) is 21.6 Å². The molecule has 0 aromatic carbocycles. The summed E-state index contributed by atoms with van der Waals surface area (Å²) in [7, 11) is -8.70. The highest BCUT2D eigenvalue weighted by atomic mass is 32.3. The Balaban J connectivity index is 4.35. The average molecular weight is 272 g/mol. The molecule has 1 unspecified atom stereocenters. The highest BCUT2D eigenvalue weighted by Gasteiger charge is 2.33. The Kier molecular flexibility index (Phi) is 4.96. The Hall–Kier alpha value is -0.390. The molecule has 0 fully saturated rings. The largest absolute Gasteiger partial charge is 0.414 e. The topological polar surface area (TPSA) is 86.7 Å². The molecule has 0 aliphatic heterocycles. The second-order valence-electron chi connectivity index (χ2n) is 2.43. The highest BCUT2D eigenvalue weighted by molar-refractivity contribution is 7.90. The lowest BCUT2D eigenvalue weighted by Crippen LogP contribution is -2.23. The summed E-state index contributed by atoms with van der Waals surface area (Å²) in [6.07, 6.45) is -7.91. The Morgan fingerprint density at radius 2 is 1.80 bits per heavy atom. The Morgan fingerprint density at radius 1 is 1.33 bits per heavy atom. The second-order valence-corrected chi connectivity index (χ2v) is 4.48. The SMILES string of the molecule is CC(CC(F)(F)F)OS(=O)(=O)O[SH](=O)=O. The van der Waals surface area contributed by atoms with Crippen molar-refractivity contribution in [1.29, 1.82) is 0 Å². The molecule has 92 valence electrons. The maximum Gasteiger partial charge on any atom is 0.414 e. The minimum absolute atomic E-state index is 0.812. The third kappa shape index (κ3) is 8.59. The van der Waals surface area contributed by atoms with Crippen LogP contribution in [0, 0.1) is 0 Å². The Morgan fingerprint density at radius 3 is 2.13 bits per heavy atom. The number of halogens is 3. The first-order valence-corrected chi connectivity index (χ1v) is 5.78. The van der Waals surface area contributed by atoms with Gasteiger partial charge in [-0.25, -0.2) is 12.6 Å². The normalized spacial score (nSPS) is 15.5. The van der Waals surface area contributed by atoms with E-state index >= 15 is 0 Å². The zero-order valence-corrected chi connectivity index (χ0v) is 8.93. The molecule has 0 saturated heterocycles. The summed E-state index contributed by atoms with van der Waals surface area (Å²) in [5.74, 6) is 0. The third-order valence-electron chi connectivity index (χ3n) is 0.953. The van der Waals surface area contributed by atoms with Crippen molar-refractivity contribution in [2.24, 2.45) is 0 Å². The molecule has 0 aliphatic carbocycles. The van der Waals surface area contributed by atoms with Crippen molar-refractivity contribution in [1.82, 2.24) is 0 Å². The molecule has 0 aromatic heterocycles. The first kappa shape index (κ1) is 14.6. The van der Waals surface area contributed by atoms with Gasteiger partial charge in [0.15, 0.2) is 0 Å². The lowest BCUT2D eigenvalue weighted by molar-refractivity contribution is -0.148. The molecular formula is C4H7F3O6S2. The minimum Gasteiger partial charge on any atom is -0.244 e. The molecular weight excluding hydrogens is 265 g/mol. The molecule has 0 spiro atoms. The quantitative estimate of drug-likeness (QED) is 0.716. The van der Waals surface area contributed by atoms with Gasteiger partial charge in [0.1, 0.15) is 0 Å². The van der Waals surface area contributed by atoms with Gasteiger partial charge in [-0.15, -0.1) is 3.63 Å². The summed E-state index contributed by atoms with van der Waals surface area (Å²) in [6, 6.07) is 0. The predicted molar refractivity (Wildman–Crippen MR) is 41.5 cm³/mol. The van der Waals surface area contributed by atoms with E-state index in [0.717, 1.165) is 6.92 Å². The standard InChI is InChI=1S/C4H7F3O6S2/c1-3(2-4(5,6)7)12-15(10,11)13-14(8)9/h3,14H,2H2,1H3. The molecule has 11 heteroatoms. The van der Waals surface area contributed by atoms with Crippen LogP contribution in [0.5, 0.6) is 0 Å². The average Bonchev–Trinajstić information content (AvgIpc) is 1.73. The van der Waals surface area contributed by atoms with Crippen LogP contribution in [0.3, 0.4) is 0 Å². The van der Waals surface area contributed by atoms with Gasteiger partial charge in [0.05, 0.1) is 12.5 Å². The van der Waals surface area contributed by atoms with E-state index in [1.165, 1.54) is 0 Å². The molecule has 0 rings (SSSR count). The van der Waals surface area contributed by atoms with Crippen LogP contribution in [0.15, 0.2) is 0 Å². The zero-order chi connectivity index (χ0) is 12.3. The third-order valence-corrected chi connectivity index (χ3v) is 2.73. The number of hydrogen-bond acceptors (Lipinski definition) is 6. The van der Waals surface area contributed by atoms with Gasteiger partial charge in [-0.1, -0.05) is 0 Å². The first-order valence-electron chi connectivity index (χ1n) is 3.36. The smallest absolute Gasteiger partial charge is 0.244 e. The van der Waals surface area contributed by atoms with Crippen molar-refractivity contribution in [2.75, 3.05) is 0 Å². The first-order chi connectivity index (χ1) is 6.52. The molecule has 0 N–H and O–H groups in total. The second kappa shape index (κ2) is 5.09. The Labute approximate surface area is 85.5 Å². The molecule has 0 aliphatic rings. The summed E-state index contributed by atoms with van der Waals surface area (Å²) in [5.41, 5.74) is 0. The van der Waals surface area contributed by atoms with Crippen LogP contribution in [0.1, 0.15) is 13.3 Å². The fraction of sp³-hybridized carbons (Fsp3) is 1.00. The van der Waals surface area contributed by atoms with Crippen LogP contribution in [-0.2, 0) is 29.2 Å². The van der Waals surface area contributed by atoms with Gasteiger partial charge in [0.25, 0.3) is 11.0 Å². The lowest BCUT2D eigenvalue weighted by Gasteiger charge is -2.12. The van der Waals surface area contributed by atoms with Crippen LogP contribution in [-0.4, -0.2) is 29.1 Å². The molecule has 0 amide bonds. The molecule has 15 heavy (non-hydrogen) atoms. The van der Waals surface area contributed by atoms with Crippen LogP contribution in [0.4, 0.5) is 13.2 Å². The van der Waals surface area contributed by atoms with Crippen molar-refractivity contribution in [2.45, 2.75) is 25.6 Å². The van der Waals surface area contributed by atoms with Gasteiger partial charge >= 0.3 is 16.6 Å².